The van der Waals surface area contributed by atoms with Crippen molar-refractivity contribution in [1.29, 1.82) is 0 Å². The van der Waals surface area contributed by atoms with E-state index in [0.29, 0.717) is 5.92 Å². The summed E-state index contributed by atoms with van der Waals surface area (Å²) in [7, 11) is -1.49. The highest BCUT2D eigenvalue weighted by molar-refractivity contribution is 6.83. The molecule has 0 aromatic heterocycles. The molecule has 0 aliphatic heterocycles. The summed E-state index contributed by atoms with van der Waals surface area (Å²) in [5, 5.41) is 10.0. The molecule has 0 radical (unpaired) electrons. The van der Waals surface area contributed by atoms with Gasteiger partial charge in [0.05, 0.1) is 6.42 Å². The number of hydrogen-bond donors (Lipinski definition) is 1. The van der Waals surface area contributed by atoms with Crippen LogP contribution in [0.4, 0.5) is 0 Å². The van der Waals surface area contributed by atoms with E-state index in [0.717, 1.165) is 0 Å². The van der Waals surface area contributed by atoms with Crippen LogP contribution < -0.4 is 0 Å². The lowest BCUT2D eigenvalue weighted by Crippen LogP contribution is -2.27. The molecule has 2 nitrogen and oxygen atoms in total. The van der Waals surface area contributed by atoms with Gasteiger partial charge in [-0.25, -0.2) is 0 Å². The molecule has 1 saturated carbocycles. The minimum Gasteiger partial charge on any atom is -0.377 e. The van der Waals surface area contributed by atoms with E-state index in [4.69, 9.17) is 0 Å². The summed E-state index contributed by atoms with van der Waals surface area (Å²) in [6, 6.07) is 0. The van der Waals surface area contributed by atoms with E-state index in [9.17, 15) is 9.90 Å². The third-order valence-electron chi connectivity index (χ3n) is 2.40. The van der Waals surface area contributed by atoms with Gasteiger partial charge in [-0.3, -0.25) is 4.79 Å². The monoisotopic (exact) mass is 250 g/mol. The SMILES string of the molecule is CC(O)(C#C[Si](C)(C)C)CC(=O)/C=C/C1CC1. The Morgan fingerprint density at radius 1 is 1.47 bits per heavy atom. The van der Waals surface area contributed by atoms with Crippen molar-refractivity contribution >= 4 is 13.9 Å². The van der Waals surface area contributed by atoms with Crippen molar-refractivity contribution in [3.05, 3.63) is 12.2 Å². The summed E-state index contributed by atoms with van der Waals surface area (Å²) in [6.07, 6.45) is 6.02. The normalized spacial score (nSPS) is 19.6. The molecule has 1 N–H and O–H groups in total. The van der Waals surface area contributed by atoms with Crippen LogP contribution in [0, 0.1) is 17.4 Å². The van der Waals surface area contributed by atoms with Crippen molar-refractivity contribution in [3.8, 4) is 11.5 Å². The Morgan fingerprint density at radius 2 is 2.06 bits per heavy atom. The van der Waals surface area contributed by atoms with Crippen molar-refractivity contribution in [2.45, 2.75) is 51.4 Å². The van der Waals surface area contributed by atoms with Crippen molar-refractivity contribution in [3.63, 3.8) is 0 Å². The first-order chi connectivity index (χ1) is 7.68. The Morgan fingerprint density at radius 3 is 2.53 bits per heavy atom. The van der Waals surface area contributed by atoms with Crippen LogP contribution in [-0.2, 0) is 4.79 Å². The topological polar surface area (TPSA) is 37.3 Å². The second kappa shape index (κ2) is 5.20. The fraction of sp³-hybridized carbons (Fsp3) is 0.643. The van der Waals surface area contributed by atoms with Crippen LogP contribution in [0.5, 0.6) is 0 Å². The molecule has 1 aliphatic rings. The van der Waals surface area contributed by atoms with Gasteiger partial charge < -0.3 is 5.11 Å². The number of rotatable bonds is 4. The number of carbonyl (C=O) groups is 1. The molecule has 1 rings (SSSR count). The minimum atomic E-state index is -1.49. The molecular weight excluding hydrogens is 228 g/mol. The van der Waals surface area contributed by atoms with Gasteiger partial charge in [0.1, 0.15) is 13.7 Å². The molecular formula is C14H22O2Si. The van der Waals surface area contributed by atoms with Crippen LogP contribution in [-0.4, -0.2) is 24.6 Å². The molecule has 1 fully saturated rings. The number of carbonyl (C=O) groups excluding carboxylic acids is 1. The third-order valence-corrected chi connectivity index (χ3v) is 3.28. The first kappa shape index (κ1) is 14.2. The van der Waals surface area contributed by atoms with E-state index in [-0.39, 0.29) is 12.2 Å². The van der Waals surface area contributed by atoms with Gasteiger partial charge in [0.15, 0.2) is 5.78 Å². The van der Waals surface area contributed by atoms with Crippen LogP contribution >= 0.6 is 0 Å². The van der Waals surface area contributed by atoms with E-state index < -0.39 is 13.7 Å². The molecule has 1 atom stereocenters. The van der Waals surface area contributed by atoms with Gasteiger partial charge in [0, 0.05) is 0 Å². The Hall–Kier alpha value is -0.853. The summed E-state index contributed by atoms with van der Waals surface area (Å²) >= 11 is 0. The van der Waals surface area contributed by atoms with Gasteiger partial charge in [-0.15, -0.1) is 5.54 Å². The van der Waals surface area contributed by atoms with E-state index in [1.807, 2.05) is 6.08 Å². The van der Waals surface area contributed by atoms with Gasteiger partial charge in [0.25, 0.3) is 0 Å². The number of aliphatic hydroxyl groups is 1. The van der Waals surface area contributed by atoms with Crippen LogP contribution in [0.15, 0.2) is 12.2 Å². The standard InChI is InChI=1S/C14H22O2Si/c1-14(16,9-10-17(2,3)4)11-13(15)8-7-12-5-6-12/h7-8,12,16H,5-6,11H2,1-4H3/b8-7+. The van der Waals surface area contributed by atoms with Crippen molar-refractivity contribution in [2.75, 3.05) is 0 Å². The lowest BCUT2D eigenvalue weighted by Gasteiger charge is -2.15. The predicted molar refractivity (Wildman–Crippen MR) is 73.2 cm³/mol. The maximum atomic E-state index is 11.6. The van der Waals surface area contributed by atoms with E-state index >= 15 is 0 Å². The molecule has 0 spiro atoms. The number of ketones is 1. The highest BCUT2D eigenvalue weighted by Gasteiger charge is 2.22. The van der Waals surface area contributed by atoms with Gasteiger partial charge in [-0.1, -0.05) is 31.6 Å². The lowest BCUT2D eigenvalue weighted by atomic mass is 10.0. The molecule has 0 saturated heterocycles. The zero-order valence-electron chi connectivity index (χ0n) is 11.2. The molecule has 0 aromatic carbocycles. The van der Waals surface area contributed by atoms with Gasteiger partial charge in [-0.2, -0.15) is 0 Å². The summed E-state index contributed by atoms with van der Waals surface area (Å²) in [4.78, 5) is 11.6. The van der Waals surface area contributed by atoms with E-state index in [1.165, 1.54) is 12.8 Å². The smallest absolute Gasteiger partial charge is 0.159 e. The van der Waals surface area contributed by atoms with Crippen LogP contribution in [0.2, 0.25) is 19.6 Å². The lowest BCUT2D eigenvalue weighted by molar-refractivity contribution is -0.117. The Labute approximate surface area is 105 Å². The summed E-state index contributed by atoms with van der Waals surface area (Å²) in [6.45, 7) is 7.96. The molecule has 17 heavy (non-hydrogen) atoms. The maximum Gasteiger partial charge on any atom is 0.159 e. The third kappa shape index (κ3) is 7.14. The number of allylic oxidation sites excluding steroid dienone is 2. The zero-order chi connectivity index (χ0) is 13.1. The molecule has 3 heteroatoms. The Balaban J connectivity index is 2.51. The molecule has 1 unspecified atom stereocenters. The molecule has 94 valence electrons. The molecule has 0 amide bonds. The quantitative estimate of drug-likeness (QED) is 0.473. The fourth-order valence-corrected chi connectivity index (χ4v) is 1.94. The highest BCUT2D eigenvalue weighted by atomic mass is 28.3. The predicted octanol–water partition coefficient (Wildman–Crippen LogP) is 2.54. The largest absolute Gasteiger partial charge is 0.377 e. The molecule has 0 aromatic rings. The van der Waals surface area contributed by atoms with E-state index in [2.05, 4.69) is 31.1 Å². The van der Waals surface area contributed by atoms with Crippen LogP contribution in [0.1, 0.15) is 26.2 Å². The van der Waals surface area contributed by atoms with Crippen LogP contribution in [0.3, 0.4) is 0 Å². The maximum absolute atomic E-state index is 11.6. The molecule has 1 aliphatic carbocycles. The zero-order valence-corrected chi connectivity index (χ0v) is 12.2. The van der Waals surface area contributed by atoms with Gasteiger partial charge >= 0.3 is 0 Å². The summed E-state index contributed by atoms with van der Waals surface area (Å²) in [5.74, 6) is 3.40. The first-order valence-electron chi connectivity index (χ1n) is 6.16. The fourth-order valence-electron chi connectivity index (χ4n) is 1.30. The van der Waals surface area contributed by atoms with E-state index in [1.54, 1.807) is 13.0 Å². The average Bonchev–Trinajstić information content (AvgIpc) is 2.93. The van der Waals surface area contributed by atoms with Gasteiger partial charge in [-0.05, 0) is 31.8 Å². The van der Waals surface area contributed by atoms with Crippen LogP contribution in [0.25, 0.3) is 0 Å². The molecule has 0 bridgehead atoms. The second-order valence-corrected chi connectivity index (χ2v) is 10.9. The second-order valence-electron chi connectivity index (χ2n) is 6.11. The Bertz CT molecular complexity index is 373. The van der Waals surface area contributed by atoms with Crippen molar-refractivity contribution in [2.24, 2.45) is 5.92 Å². The first-order valence-corrected chi connectivity index (χ1v) is 9.66. The molecule has 0 heterocycles. The van der Waals surface area contributed by atoms with Gasteiger partial charge in [0.2, 0.25) is 0 Å². The van der Waals surface area contributed by atoms with Crippen molar-refractivity contribution in [1.82, 2.24) is 0 Å². The van der Waals surface area contributed by atoms with Crippen molar-refractivity contribution < 1.29 is 9.90 Å². The number of hydrogen-bond acceptors (Lipinski definition) is 2. The Kier molecular flexibility index (Phi) is 4.35. The summed E-state index contributed by atoms with van der Waals surface area (Å²) < 4.78 is 0. The summed E-state index contributed by atoms with van der Waals surface area (Å²) in [5.41, 5.74) is 1.92. The highest BCUT2D eigenvalue weighted by Crippen LogP contribution is 2.30. The minimum absolute atomic E-state index is 0.0354. The average molecular weight is 250 g/mol.